The van der Waals surface area contributed by atoms with Gasteiger partial charge in [-0.25, -0.2) is 12.8 Å². The number of benzene rings is 3. The predicted molar refractivity (Wildman–Crippen MR) is 134 cm³/mol. The van der Waals surface area contributed by atoms with Crippen molar-refractivity contribution in [2.24, 2.45) is 0 Å². The van der Waals surface area contributed by atoms with E-state index in [2.05, 4.69) is 5.32 Å². The van der Waals surface area contributed by atoms with E-state index < -0.39 is 15.9 Å². The summed E-state index contributed by atoms with van der Waals surface area (Å²) >= 11 is 0. The van der Waals surface area contributed by atoms with E-state index in [0.29, 0.717) is 35.8 Å². The number of hydrogen-bond donors (Lipinski definition) is 1. The lowest BCUT2D eigenvalue weighted by Gasteiger charge is -2.29. The summed E-state index contributed by atoms with van der Waals surface area (Å²) in [5, 5.41) is 2.77. The van der Waals surface area contributed by atoms with Crippen molar-refractivity contribution in [3.63, 3.8) is 0 Å². The molecular weight excluding hydrogens is 485 g/mol. The Bertz CT molecular complexity index is 1370. The number of fused-ring (bicyclic) bond motifs is 1. The van der Waals surface area contributed by atoms with Crippen LogP contribution < -0.4 is 15.0 Å². The molecule has 36 heavy (non-hydrogen) atoms. The second kappa shape index (κ2) is 10.5. The summed E-state index contributed by atoms with van der Waals surface area (Å²) in [5.41, 5.74) is 2.05. The molecule has 0 spiro atoms. The molecule has 0 saturated heterocycles. The molecule has 4 rings (SSSR count). The molecule has 0 atom stereocenters. The third kappa shape index (κ3) is 5.24. The highest BCUT2D eigenvalue weighted by Gasteiger charge is 2.26. The van der Waals surface area contributed by atoms with Gasteiger partial charge in [-0.15, -0.1) is 0 Å². The van der Waals surface area contributed by atoms with Gasteiger partial charge in [-0.1, -0.05) is 26.0 Å². The van der Waals surface area contributed by atoms with E-state index >= 15 is 0 Å². The topological polar surface area (TPSA) is 96.0 Å². The molecule has 188 valence electrons. The first-order valence-electron chi connectivity index (χ1n) is 11.5. The fourth-order valence-electron chi connectivity index (χ4n) is 3.92. The summed E-state index contributed by atoms with van der Waals surface area (Å²) in [7, 11) is -3.61. The summed E-state index contributed by atoms with van der Waals surface area (Å²) in [4.78, 5) is 26.9. The number of sulfonamides is 1. The molecule has 0 fully saturated rings. The molecule has 1 aliphatic heterocycles. The zero-order valence-electron chi connectivity index (χ0n) is 19.9. The highest BCUT2D eigenvalue weighted by Crippen LogP contribution is 2.35. The highest BCUT2D eigenvalue weighted by molar-refractivity contribution is 7.89. The van der Waals surface area contributed by atoms with Crippen LogP contribution in [0.1, 0.15) is 29.8 Å². The van der Waals surface area contributed by atoms with Crippen LogP contribution in [0.5, 0.6) is 5.75 Å². The van der Waals surface area contributed by atoms with Crippen molar-refractivity contribution in [3.8, 4) is 5.75 Å². The number of hydrogen-bond acceptors (Lipinski definition) is 5. The number of nitrogens with one attached hydrogen (secondary N) is 1. The Hall–Kier alpha value is -3.76. The van der Waals surface area contributed by atoms with Crippen molar-refractivity contribution in [2.75, 3.05) is 29.9 Å². The number of carbonyl (C=O) groups is 2. The maximum atomic E-state index is 13.2. The van der Waals surface area contributed by atoms with Crippen LogP contribution in [0.15, 0.2) is 71.6 Å². The Kier molecular flexibility index (Phi) is 7.37. The van der Waals surface area contributed by atoms with E-state index in [1.54, 1.807) is 49.1 Å². The van der Waals surface area contributed by atoms with Gasteiger partial charge in [-0.2, -0.15) is 4.31 Å². The monoisotopic (exact) mass is 511 g/mol. The first-order chi connectivity index (χ1) is 17.2. The molecule has 0 radical (unpaired) electrons. The van der Waals surface area contributed by atoms with E-state index in [-0.39, 0.29) is 29.8 Å². The number of halogens is 1. The Morgan fingerprint density at radius 3 is 2.33 bits per heavy atom. The average molecular weight is 512 g/mol. The van der Waals surface area contributed by atoms with Gasteiger partial charge in [0.25, 0.3) is 11.8 Å². The molecule has 0 aliphatic carbocycles. The maximum Gasteiger partial charge on any atom is 0.265 e. The average Bonchev–Trinajstić information content (AvgIpc) is 2.87. The van der Waals surface area contributed by atoms with Gasteiger partial charge in [0.1, 0.15) is 11.6 Å². The number of anilines is 2. The van der Waals surface area contributed by atoms with Crippen molar-refractivity contribution < 1.29 is 27.1 Å². The van der Waals surface area contributed by atoms with Crippen LogP contribution in [-0.4, -0.2) is 44.2 Å². The van der Waals surface area contributed by atoms with E-state index in [1.165, 1.54) is 40.7 Å². The first kappa shape index (κ1) is 25.3. The van der Waals surface area contributed by atoms with Crippen LogP contribution in [0.3, 0.4) is 0 Å². The zero-order valence-corrected chi connectivity index (χ0v) is 20.7. The standard InChI is InChI=1S/C26H26FN3O5S/c1-3-29(4-2)36(33,34)22-12-7-19(8-13-22)26(32)28-21-11-14-23-24(15-21)35-17-25(31)30(23)16-18-5-9-20(27)10-6-18/h5-15H,3-4,16-17H2,1-2H3,(H,28,32). The summed E-state index contributed by atoms with van der Waals surface area (Å²) in [6.45, 7) is 4.34. The van der Waals surface area contributed by atoms with Crippen molar-refractivity contribution >= 4 is 33.2 Å². The number of ether oxygens (including phenoxy) is 1. The van der Waals surface area contributed by atoms with Gasteiger partial charge in [-0.05, 0) is 54.1 Å². The van der Waals surface area contributed by atoms with Gasteiger partial charge < -0.3 is 15.0 Å². The molecular formula is C26H26FN3O5S. The lowest BCUT2D eigenvalue weighted by Crippen LogP contribution is -2.38. The van der Waals surface area contributed by atoms with Crippen LogP contribution in [-0.2, 0) is 21.4 Å². The van der Waals surface area contributed by atoms with Gasteiger partial charge in [-0.3, -0.25) is 9.59 Å². The largest absolute Gasteiger partial charge is 0.481 e. The summed E-state index contributed by atoms with van der Waals surface area (Å²) in [6, 6.07) is 16.6. The minimum atomic E-state index is -3.61. The first-order valence-corrected chi connectivity index (χ1v) is 12.9. The SMILES string of the molecule is CCN(CC)S(=O)(=O)c1ccc(C(=O)Nc2ccc3c(c2)OCC(=O)N3Cc2ccc(F)cc2)cc1. The lowest BCUT2D eigenvalue weighted by atomic mass is 10.1. The van der Waals surface area contributed by atoms with E-state index in [9.17, 15) is 22.4 Å². The molecule has 0 bridgehead atoms. The number of carbonyl (C=O) groups excluding carboxylic acids is 2. The fourth-order valence-corrected chi connectivity index (χ4v) is 5.38. The Balaban J connectivity index is 1.49. The quantitative estimate of drug-likeness (QED) is 0.493. The number of rotatable bonds is 8. The second-order valence-corrected chi connectivity index (χ2v) is 10.1. The molecule has 3 aromatic carbocycles. The number of nitrogens with zero attached hydrogens (tertiary/aromatic N) is 2. The van der Waals surface area contributed by atoms with Crippen LogP contribution in [0, 0.1) is 5.82 Å². The predicted octanol–water partition coefficient (Wildman–Crippen LogP) is 4.03. The Morgan fingerprint density at radius 2 is 1.69 bits per heavy atom. The van der Waals surface area contributed by atoms with Crippen molar-refractivity contribution in [1.29, 1.82) is 0 Å². The lowest BCUT2D eigenvalue weighted by molar-refractivity contribution is -0.121. The molecule has 1 N–H and O–H groups in total. The number of amides is 2. The van der Waals surface area contributed by atoms with Crippen LogP contribution in [0.4, 0.5) is 15.8 Å². The molecule has 0 saturated carbocycles. The van der Waals surface area contributed by atoms with Crippen LogP contribution in [0.25, 0.3) is 0 Å². The smallest absolute Gasteiger partial charge is 0.265 e. The maximum absolute atomic E-state index is 13.2. The van der Waals surface area contributed by atoms with Gasteiger partial charge >= 0.3 is 0 Å². The Labute approximate surface area is 209 Å². The third-order valence-electron chi connectivity index (χ3n) is 5.87. The molecule has 2 amide bonds. The van der Waals surface area contributed by atoms with Gasteiger partial charge in [0, 0.05) is 30.4 Å². The van der Waals surface area contributed by atoms with Crippen LogP contribution in [0.2, 0.25) is 0 Å². The van der Waals surface area contributed by atoms with Gasteiger partial charge in [0.2, 0.25) is 10.0 Å². The van der Waals surface area contributed by atoms with E-state index in [4.69, 9.17) is 4.74 Å². The van der Waals surface area contributed by atoms with Crippen LogP contribution >= 0.6 is 0 Å². The van der Waals surface area contributed by atoms with Crippen molar-refractivity contribution in [2.45, 2.75) is 25.3 Å². The zero-order chi connectivity index (χ0) is 25.9. The van der Waals surface area contributed by atoms with Crippen molar-refractivity contribution in [3.05, 3.63) is 83.7 Å². The normalized spacial score (nSPS) is 13.3. The molecule has 0 unspecified atom stereocenters. The molecule has 1 heterocycles. The van der Waals surface area contributed by atoms with Crippen molar-refractivity contribution in [1.82, 2.24) is 4.31 Å². The minimum absolute atomic E-state index is 0.121. The molecule has 0 aromatic heterocycles. The van der Waals surface area contributed by atoms with E-state index in [1.807, 2.05) is 0 Å². The van der Waals surface area contributed by atoms with Gasteiger partial charge in [0.15, 0.2) is 6.61 Å². The summed E-state index contributed by atoms with van der Waals surface area (Å²) in [6.07, 6.45) is 0. The summed E-state index contributed by atoms with van der Waals surface area (Å²) in [5.74, 6) is -0.580. The highest BCUT2D eigenvalue weighted by atomic mass is 32.2. The molecule has 1 aliphatic rings. The van der Waals surface area contributed by atoms with Gasteiger partial charge in [0.05, 0.1) is 17.1 Å². The molecule has 3 aromatic rings. The fraction of sp³-hybridized carbons (Fsp3) is 0.231. The Morgan fingerprint density at radius 1 is 1.03 bits per heavy atom. The minimum Gasteiger partial charge on any atom is -0.481 e. The third-order valence-corrected chi connectivity index (χ3v) is 7.94. The summed E-state index contributed by atoms with van der Waals surface area (Å²) < 4.78 is 45.4. The van der Waals surface area contributed by atoms with E-state index in [0.717, 1.165) is 5.56 Å². The second-order valence-electron chi connectivity index (χ2n) is 8.15. The molecule has 10 heteroatoms. The molecule has 8 nitrogen and oxygen atoms in total.